The van der Waals surface area contributed by atoms with Gasteiger partial charge in [-0.2, -0.15) is 0 Å². The number of anilines is 1. The summed E-state index contributed by atoms with van der Waals surface area (Å²) in [6.45, 7) is 1.49. The molecule has 2 atom stereocenters. The Kier molecular flexibility index (Phi) is 10.1. The number of carbonyl (C=O) groups is 2. The van der Waals surface area contributed by atoms with Crippen molar-refractivity contribution in [1.29, 1.82) is 0 Å². The average Bonchev–Trinajstić information content (AvgIpc) is 3.11. The van der Waals surface area contributed by atoms with E-state index < -0.39 is 6.04 Å². The van der Waals surface area contributed by atoms with Crippen molar-refractivity contribution >= 4 is 42.3 Å². The minimum Gasteiger partial charge on any atom is -0.368 e. The Labute approximate surface area is 183 Å². The predicted octanol–water partition coefficient (Wildman–Crippen LogP) is 2.49. The van der Waals surface area contributed by atoms with Crippen molar-refractivity contribution in [3.63, 3.8) is 0 Å². The molecule has 0 spiro atoms. The number of amides is 2. The van der Waals surface area contributed by atoms with Crippen LogP contribution < -0.4 is 16.8 Å². The van der Waals surface area contributed by atoms with Gasteiger partial charge >= 0.3 is 0 Å². The number of likely N-dealkylation sites (tertiary alicyclic amines) is 1. The summed E-state index contributed by atoms with van der Waals surface area (Å²) in [5, 5.41) is 2.89. The number of nitrogens with zero attached hydrogens (tertiary/aromatic N) is 1. The maximum Gasteiger partial charge on any atom is 0.241 e. The van der Waals surface area contributed by atoms with E-state index in [1.165, 1.54) is 0 Å². The summed E-state index contributed by atoms with van der Waals surface area (Å²) in [4.78, 5) is 26.0. The quantitative estimate of drug-likeness (QED) is 0.617. The average molecular weight is 439 g/mol. The molecule has 1 saturated heterocycles. The normalized spacial score (nSPS) is 16.9. The molecule has 1 aliphatic rings. The largest absolute Gasteiger partial charge is 0.368 e. The molecule has 2 unspecified atom stereocenters. The zero-order valence-electron chi connectivity index (χ0n) is 16.1. The molecule has 29 heavy (non-hydrogen) atoms. The third kappa shape index (κ3) is 7.01. The molecule has 1 fully saturated rings. The molecule has 2 amide bonds. The molecule has 2 aromatic carbocycles. The minimum atomic E-state index is -0.617. The van der Waals surface area contributed by atoms with Crippen LogP contribution in [0.4, 0.5) is 5.69 Å². The van der Waals surface area contributed by atoms with Crippen LogP contribution in [-0.2, 0) is 22.6 Å². The lowest BCUT2D eigenvalue weighted by Gasteiger charge is -2.22. The van der Waals surface area contributed by atoms with Crippen molar-refractivity contribution in [3.05, 3.63) is 65.7 Å². The molecule has 0 aliphatic carbocycles. The van der Waals surface area contributed by atoms with Crippen molar-refractivity contribution < 1.29 is 9.59 Å². The van der Waals surface area contributed by atoms with Crippen molar-refractivity contribution in [2.24, 2.45) is 11.5 Å². The molecule has 158 valence electrons. The van der Waals surface area contributed by atoms with E-state index in [0.29, 0.717) is 18.7 Å². The molecule has 0 saturated carbocycles. The van der Waals surface area contributed by atoms with Crippen LogP contribution in [0.15, 0.2) is 54.6 Å². The smallest absolute Gasteiger partial charge is 0.241 e. The standard InChI is InChI=1S/C21H26N4O2.2ClH/c22-18(13-15-6-2-1-3-7-15)21(27)24-17-9-4-8-16(12-17)14-25-11-5-10-19(25)20(23)26;;/h1-4,6-9,12,18-19H,5,10-11,13-14,22H2,(H2,23,26)(H,24,27);2*1H. The number of hydrogen-bond acceptors (Lipinski definition) is 4. The molecule has 8 heteroatoms. The first kappa shape index (κ1) is 24.9. The Bertz CT molecular complexity index is 804. The van der Waals surface area contributed by atoms with E-state index in [1.807, 2.05) is 54.6 Å². The second-order valence-corrected chi connectivity index (χ2v) is 7.02. The molecule has 3 rings (SSSR count). The van der Waals surface area contributed by atoms with Gasteiger partial charge in [0.15, 0.2) is 0 Å². The third-order valence-corrected chi connectivity index (χ3v) is 4.91. The monoisotopic (exact) mass is 438 g/mol. The first-order valence-electron chi connectivity index (χ1n) is 9.25. The van der Waals surface area contributed by atoms with Gasteiger partial charge in [0.25, 0.3) is 0 Å². The van der Waals surface area contributed by atoms with Gasteiger partial charge in [-0.15, -0.1) is 24.8 Å². The second-order valence-electron chi connectivity index (χ2n) is 7.02. The van der Waals surface area contributed by atoms with Crippen LogP contribution in [0.1, 0.15) is 24.0 Å². The molecular formula is C21H28Cl2N4O2. The zero-order valence-corrected chi connectivity index (χ0v) is 17.8. The van der Waals surface area contributed by atoms with Gasteiger partial charge in [-0.1, -0.05) is 42.5 Å². The van der Waals surface area contributed by atoms with E-state index in [9.17, 15) is 9.59 Å². The highest BCUT2D eigenvalue weighted by Gasteiger charge is 2.28. The van der Waals surface area contributed by atoms with Crippen LogP contribution in [0.25, 0.3) is 0 Å². The number of halogens is 2. The van der Waals surface area contributed by atoms with E-state index in [4.69, 9.17) is 11.5 Å². The highest BCUT2D eigenvalue weighted by Crippen LogP contribution is 2.21. The fourth-order valence-corrected chi connectivity index (χ4v) is 3.52. The maximum absolute atomic E-state index is 12.4. The van der Waals surface area contributed by atoms with Gasteiger partial charge < -0.3 is 16.8 Å². The van der Waals surface area contributed by atoms with E-state index in [1.54, 1.807) is 0 Å². The highest BCUT2D eigenvalue weighted by atomic mass is 35.5. The molecule has 2 aromatic rings. The number of hydrogen-bond donors (Lipinski definition) is 3. The van der Waals surface area contributed by atoms with Crippen molar-refractivity contribution in [1.82, 2.24) is 4.90 Å². The van der Waals surface area contributed by atoms with Crippen molar-refractivity contribution in [3.8, 4) is 0 Å². The summed E-state index contributed by atoms with van der Waals surface area (Å²) in [6, 6.07) is 16.5. The summed E-state index contributed by atoms with van der Waals surface area (Å²) in [5.74, 6) is -0.490. The van der Waals surface area contributed by atoms with Gasteiger partial charge in [-0.25, -0.2) is 0 Å². The van der Waals surface area contributed by atoms with Crippen molar-refractivity contribution in [2.45, 2.75) is 37.9 Å². The van der Waals surface area contributed by atoms with E-state index in [2.05, 4.69) is 10.2 Å². The maximum atomic E-state index is 12.4. The fraction of sp³-hybridized carbons (Fsp3) is 0.333. The lowest BCUT2D eigenvalue weighted by molar-refractivity contribution is -0.122. The number of rotatable bonds is 7. The van der Waals surface area contributed by atoms with Gasteiger partial charge in [0.1, 0.15) is 0 Å². The summed E-state index contributed by atoms with van der Waals surface area (Å²) in [6.07, 6.45) is 2.26. The Balaban J connectivity index is 0.00000210. The summed E-state index contributed by atoms with van der Waals surface area (Å²) in [5.41, 5.74) is 14.3. The molecule has 1 heterocycles. The molecule has 0 radical (unpaired) electrons. The summed E-state index contributed by atoms with van der Waals surface area (Å²) >= 11 is 0. The lowest BCUT2D eigenvalue weighted by Crippen LogP contribution is -2.39. The predicted molar refractivity (Wildman–Crippen MR) is 120 cm³/mol. The van der Waals surface area contributed by atoms with Crippen molar-refractivity contribution in [2.75, 3.05) is 11.9 Å². The third-order valence-electron chi connectivity index (χ3n) is 4.91. The number of nitrogens with two attached hydrogens (primary N) is 2. The van der Waals surface area contributed by atoms with Crippen LogP contribution in [-0.4, -0.2) is 35.3 Å². The summed E-state index contributed by atoms with van der Waals surface area (Å²) in [7, 11) is 0. The zero-order chi connectivity index (χ0) is 19.2. The van der Waals surface area contributed by atoms with Crippen LogP contribution >= 0.6 is 24.8 Å². The van der Waals surface area contributed by atoms with Gasteiger partial charge in [0, 0.05) is 12.2 Å². The highest BCUT2D eigenvalue weighted by molar-refractivity contribution is 5.94. The number of primary amides is 1. The minimum absolute atomic E-state index is 0. The first-order chi connectivity index (χ1) is 13.0. The molecule has 5 N–H and O–H groups in total. The van der Waals surface area contributed by atoms with Gasteiger partial charge in [-0.3, -0.25) is 14.5 Å². The fourth-order valence-electron chi connectivity index (χ4n) is 3.52. The Morgan fingerprint density at radius 2 is 1.76 bits per heavy atom. The summed E-state index contributed by atoms with van der Waals surface area (Å²) < 4.78 is 0. The van der Waals surface area contributed by atoms with Crippen LogP contribution in [0.5, 0.6) is 0 Å². The van der Waals surface area contributed by atoms with Crippen LogP contribution in [0, 0.1) is 0 Å². The Morgan fingerprint density at radius 1 is 1.07 bits per heavy atom. The molecule has 0 bridgehead atoms. The van der Waals surface area contributed by atoms with E-state index in [0.717, 1.165) is 30.5 Å². The van der Waals surface area contributed by atoms with Gasteiger partial charge in [0.05, 0.1) is 12.1 Å². The van der Waals surface area contributed by atoms with E-state index in [-0.39, 0.29) is 42.7 Å². The SMILES string of the molecule is Cl.Cl.NC(=O)C1CCCN1Cc1cccc(NC(=O)C(N)Cc2ccccc2)c1. The number of nitrogens with one attached hydrogen (secondary N) is 1. The van der Waals surface area contributed by atoms with Gasteiger partial charge in [0.2, 0.25) is 11.8 Å². The molecule has 1 aliphatic heterocycles. The Hall–Kier alpha value is -2.12. The Morgan fingerprint density at radius 3 is 2.45 bits per heavy atom. The molecular weight excluding hydrogens is 411 g/mol. The topological polar surface area (TPSA) is 101 Å². The molecule has 0 aromatic heterocycles. The number of carbonyl (C=O) groups excluding carboxylic acids is 2. The van der Waals surface area contributed by atoms with Gasteiger partial charge in [-0.05, 0) is 49.1 Å². The second kappa shape index (κ2) is 11.8. The number of benzene rings is 2. The van der Waals surface area contributed by atoms with Crippen LogP contribution in [0.2, 0.25) is 0 Å². The van der Waals surface area contributed by atoms with E-state index >= 15 is 0 Å². The lowest BCUT2D eigenvalue weighted by atomic mass is 10.1. The molecule has 6 nitrogen and oxygen atoms in total. The van der Waals surface area contributed by atoms with Crippen LogP contribution in [0.3, 0.4) is 0 Å². The first-order valence-corrected chi connectivity index (χ1v) is 9.25.